The van der Waals surface area contributed by atoms with E-state index in [-0.39, 0.29) is 5.82 Å². The van der Waals surface area contributed by atoms with Crippen LogP contribution >= 0.6 is 0 Å². The lowest BCUT2D eigenvalue weighted by Crippen LogP contribution is -2.18. The number of nitrogens with zero attached hydrogens (tertiary/aromatic N) is 2. The van der Waals surface area contributed by atoms with Crippen LogP contribution in [-0.2, 0) is 11.2 Å². The zero-order valence-electron chi connectivity index (χ0n) is 16.3. The Bertz CT molecular complexity index is 1170. The van der Waals surface area contributed by atoms with Crippen molar-refractivity contribution in [1.29, 1.82) is 0 Å². The Labute approximate surface area is 163 Å². The molecule has 5 rings (SSSR count). The molecule has 0 spiro atoms. The van der Waals surface area contributed by atoms with Crippen LogP contribution in [0, 0.1) is 12.7 Å². The van der Waals surface area contributed by atoms with Gasteiger partial charge >= 0.3 is 0 Å². The topological polar surface area (TPSA) is 42.8 Å². The van der Waals surface area contributed by atoms with Crippen LogP contribution in [0.5, 0.6) is 0 Å². The zero-order valence-corrected chi connectivity index (χ0v) is 16.3. The fourth-order valence-electron chi connectivity index (χ4n) is 4.63. The first-order valence-electron chi connectivity index (χ1n) is 10.0. The molecule has 0 aliphatic carbocycles. The molecule has 3 heterocycles. The maximum absolute atomic E-state index is 14.0. The largest absolute Gasteiger partial charge is 0.381 e. The van der Waals surface area contributed by atoms with Gasteiger partial charge in [0.15, 0.2) is 0 Å². The summed E-state index contributed by atoms with van der Waals surface area (Å²) < 4.78 is 22.0. The van der Waals surface area contributed by atoms with Crippen LogP contribution in [-0.4, -0.2) is 28.0 Å². The number of hydrogen-bond acceptors (Lipinski definition) is 2. The lowest BCUT2D eigenvalue weighted by Gasteiger charge is -2.25. The van der Waals surface area contributed by atoms with E-state index in [1.54, 1.807) is 6.07 Å². The molecule has 28 heavy (non-hydrogen) atoms. The van der Waals surface area contributed by atoms with Gasteiger partial charge in [0.1, 0.15) is 5.82 Å². The van der Waals surface area contributed by atoms with Crippen molar-refractivity contribution in [1.82, 2.24) is 14.8 Å². The first kappa shape index (κ1) is 17.4. The Hall–Kier alpha value is -2.66. The van der Waals surface area contributed by atoms with Crippen LogP contribution in [0.2, 0.25) is 0 Å². The van der Waals surface area contributed by atoms with Crippen LogP contribution in [0.25, 0.3) is 27.5 Å². The molecule has 1 fully saturated rings. The number of fused-ring (bicyclic) bond motifs is 2. The molecule has 4 nitrogen and oxygen atoms in total. The Balaban J connectivity index is 1.86. The highest BCUT2D eigenvalue weighted by Crippen LogP contribution is 2.40. The second kappa shape index (κ2) is 6.74. The van der Waals surface area contributed by atoms with Gasteiger partial charge in [-0.3, -0.25) is 5.10 Å². The number of hydrogen-bond donors (Lipinski definition) is 1. The summed E-state index contributed by atoms with van der Waals surface area (Å²) in [4.78, 5) is 0. The molecule has 0 unspecified atom stereocenters. The number of nitrogens with one attached hydrogen (secondary N) is 1. The van der Waals surface area contributed by atoms with Gasteiger partial charge in [-0.2, -0.15) is 5.10 Å². The van der Waals surface area contributed by atoms with Crippen LogP contribution in [0.1, 0.15) is 42.5 Å². The van der Waals surface area contributed by atoms with Gasteiger partial charge in [-0.1, -0.05) is 6.92 Å². The smallest absolute Gasteiger partial charge is 0.126 e. The predicted octanol–water partition coefficient (Wildman–Crippen LogP) is 5.41. The molecule has 4 aromatic rings. The van der Waals surface area contributed by atoms with Crippen LogP contribution in [0.15, 0.2) is 36.5 Å². The minimum Gasteiger partial charge on any atom is -0.381 e. The first-order chi connectivity index (χ1) is 13.7. The van der Waals surface area contributed by atoms with Crippen molar-refractivity contribution >= 4 is 21.8 Å². The first-order valence-corrected chi connectivity index (χ1v) is 10.0. The Morgan fingerprint density at radius 3 is 2.79 bits per heavy atom. The quantitative estimate of drug-likeness (QED) is 0.519. The summed E-state index contributed by atoms with van der Waals surface area (Å²) in [6.07, 6.45) is 4.85. The summed E-state index contributed by atoms with van der Waals surface area (Å²) >= 11 is 0. The highest BCUT2D eigenvalue weighted by Gasteiger charge is 2.26. The van der Waals surface area contributed by atoms with Crippen molar-refractivity contribution in [3.63, 3.8) is 0 Å². The second-order valence-electron chi connectivity index (χ2n) is 7.70. The molecule has 0 atom stereocenters. The highest BCUT2D eigenvalue weighted by molar-refractivity contribution is 5.98. The molecular formula is C23H24FN3O. The lowest BCUT2D eigenvalue weighted by atomic mass is 9.92. The molecule has 0 bridgehead atoms. The Morgan fingerprint density at radius 1 is 1.21 bits per heavy atom. The summed E-state index contributed by atoms with van der Waals surface area (Å²) in [5.74, 6) is 0.277. The predicted molar refractivity (Wildman–Crippen MR) is 110 cm³/mol. The lowest BCUT2D eigenvalue weighted by molar-refractivity contribution is 0.0841. The number of halogens is 1. The third-order valence-electron chi connectivity index (χ3n) is 6.03. The fourth-order valence-corrected chi connectivity index (χ4v) is 4.63. The van der Waals surface area contributed by atoms with E-state index >= 15 is 0 Å². The normalized spacial score (nSPS) is 15.7. The Morgan fingerprint density at radius 2 is 2.04 bits per heavy atom. The molecule has 1 aliphatic rings. The summed E-state index contributed by atoms with van der Waals surface area (Å²) in [7, 11) is 0. The highest BCUT2D eigenvalue weighted by atomic mass is 19.1. The number of ether oxygens (including phenoxy) is 1. The van der Waals surface area contributed by atoms with Crippen molar-refractivity contribution in [2.45, 2.75) is 39.0 Å². The molecule has 1 N–H and O–H groups in total. The third kappa shape index (κ3) is 2.65. The molecule has 2 aromatic heterocycles. The van der Waals surface area contributed by atoms with E-state index in [2.05, 4.69) is 33.8 Å². The van der Waals surface area contributed by atoms with Crippen molar-refractivity contribution < 1.29 is 9.13 Å². The standard InChI is InChI=1S/C23H24FN3O/c1-3-18-19-12-21-16(13-25-26-21)11-22(19)27(17-4-5-20(24)14(2)10-17)23(18)15-6-8-28-9-7-15/h4-5,10-13,15H,3,6-9H2,1-2H3,(H,25,26). The van der Waals surface area contributed by atoms with Gasteiger partial charge in [-0.15, -0.1) is 0 Å². The molecule has 0 radical (unpaired) electrons. The maximum Gasteiger partial charge on any atom is 0.126 e. The van der Waals surface area contributed by atoms with E-state index < -0.39 is 0 Å². The minimum atomic E-state index is -0.166. The van der Waals surface area contributed by atoms with E-state index in [9.17, 15) is 4.39 Å². The van der Waals surface area contributed by atoms with E-state index in [0.717, 1.165) is 49.1 Å². The van der Waals surface area contributed by atoms with Gasteiger partial charge in [-0.05, 0) is 67.6 Å². The minimum absolute atomic E-state index is 0.166. The molecule has 0 saturated carbocycles. The van der Waals surface area contributed by atoms with Gasteiger partial charge in [0.2, 0.25) is 0 Å². The molecule has 144 valence electrons. The molecule has 2 aromatic carbocycles. The van der Waals surface area contributed by atoms with Gasteiger partial charge in [0, 0.05) is 41.3 Å². The van der Waals surface area contributed by atoms with Crippen molar-refractivity contribution in [3.8, 4) is 5.69 Å². The summed E-state index contributed by atoms with van der Waals surface area (Å²) in [6, 6.07) is 9.84. The number of rotatable bonds is 3. The fraction of sp³-hybridized carbons (Fsp3) is 0.348. The summed E-state index contributed by atoms with van der Waals surface area (Å²) in [5.41, 5.74) is 6.63. The van der Waals surface area contributed by atoms with Crippen molar-refractivity contribution in [3.05, 3.63) is 59.2 Å². The molecule has 5 heteroatoms. The summed E-state index contributed by atoms with van der Waals surface area (Å²) in [6.45, 7) is 5.63. The molecular weight excluding hydrogens is 353 g/mol. The average molecular weight is 377 g/mol. The maximum atomic E-state index is 14.0. The summed E-state index contributed by atoms with van der Waals surface area (Å²) in [5, 5.41) is 9.64. The third-order valence-corrected chi connectivity index (χ3v) is 6.03. The number of aromatic amines is 1. The molecule has 1 saturated heterocycles. The monoisotopic (exact) mass is 377 g/mol. The van der Waals surface area contributed by atoms with Crippen molar-refractivity contribution in [2.75, 3.05) is 13.2 Å². The van der Waals surface area contributed by atoms with E-state index in [0.29, 0.717) is 11.5 Å². The van der Waals surface area contributed by atoms with Gasteiger partial charge in [-0.25, -0.2) is 4.39 Å². The number of H-pyrrole nitrogens is 1. The van der Waals surface area contributed by atoms with E-state index in [4.69, 9.17) is 4.74 Å². The van der Waals surface area contributed by atoms with E-state index in [1.165, 1.54) is 22.2 Å². The Kier molecular flexibility index (Phi) is 4.20. The van der Waals surface area contributed by atoms with Gasteiger partial charge < -0.3 is 9.30 Å². The van der Waals surface area contributed by atoms with Gasteiger partial charge in [0.05, 0.1) is 17.2 Å². The SMILES string of the molecule is CCc1c(C2CCOCC2)n(-c2ccc(F)c(C)c2)c2cc3cn[nH]c3cc12. The number of benzene rings is 2. The van der Waals surface area contributed by atoms with Gasteiger partial charge in [0.25, 0.3) is 0 Å². The second-order valence-corrected chi connectivity index (χ2v) is 7.70. The van der Waals surface area contributed by atoms with Crippen molar-refractivity contribution in [2.24, 2.45) is 0 Å². The van der Waals surface area contributed by atoms with E-state index in [1.807, 2.05) is 25.3 Å². The number of aromatic nitrogens is 3. The van der Waals surface area contributed by atoms with Crippen LogP contribution in [0.4, 0.5) is 4.39 Å². The molecule has 0 amide bonds. The van der Waals surface area contributed by atoms with Crippen LogP contribution < -0.4 is 0 Å². The molecule has 1 aliphatic heterocycles. The zero-order chi connectivity index (χ0) is 19.3. The van der Waals surface area contributed by atoms with Crippen LogP contribution in [0.3, 0.4) is 0 Å². The average Bonchev–Trinajstić information content (AvgIpc) is 3.30. The number of aryl methyl sites for hydroxylation is 2.